The van der Waals surface area contributed by atoms with E-state index in [0.717, 1.165) is 0 Å². The van der Waals surface area contributed by atoms with Crippen molar-refractivity contribution in [2.45, 2.75) is 16.2 Å². The van der Waals surface area contributed by atoms with Crippen LogP contribution in [0, 0.1) is 6.92 Å². The SMILES string of the molecule is Cc1nc(NS(=O)(=O)c2ccnn2C)sc1S(=O)(=O)Cl. The summed E-state index contributed by atoms with van der Waals surface area (Å²) in [4.78, 5) is 3.84. The van der Waals surface area contributed by atoms with E-state index in [9.17, 15) is 16.8 Å². The normalized spacial score (nSPS) is 12.6. The van der Waals surface area contributed by atoms with Gasteiger partial charge in [-0.05, 0) is 13.0 Å². The Bertz CT molecular complexity index is 852. The number of hydrogen-bond acceptors (Lipinski definition) is 7. The van der Waals surface area contributed by atoms with Crippen LogP contribution in [0.1, 0.15) is 5.69 Å². The molecule has 2 heterocycles. The highest BCUT2D eigenvalue weighted by molar-refractivity contribution is 8.15. The van der Waals surface area contributed by atoms with Crippen molar-refractivity contribution < 1.29 is 16.8 Å². The highest BCUT2D eigenvalue weighted by Crippen LogP contribution is 2.30. The van der Waals surface area contributed by atoms with Gasteiger partial charge in [-0.15, -0.1) is 0 Å². The van der Waals surface area contributed by atoms with Crippen LogP contribution in [0.15, 0.2) is 21.5 Å². The van der Waals surface area contributed by atoms with Crippen LogP contribution < -0.4 is 4.72 Å². The molecule has 20 heavy (non-hydrogen) atoms. The summed E-state index contributed by atoms with van der Waals surface area (Å²) in [5, 5.41) is 3.60. The fourth-order valence-electron chi connectivity index (χ4n) is 1.44. The highest BCUT2D eigenvalue weighted by atomic mass is 35.7. The van der Waals surface area contributed by atoms with E-state index in [4.69, 9.17) is 10.7 Å². The predicted octanol–water partition coefficient (Wildman–Crippen LogP) is 0.913. The Morgan fingerprint density at radius 1 is 1.35 bits per heavy atom. The van der Waals surface area contributed by atoms with Crippen molar-refractivity contribution >= 4 is 46.2 Å². The van der Waals surface area contributed by atoms with Gasteiger partial charge in [-0.3, -0.25) is 9.40 Å². The van der Waals surface area contributed by atoms with Crippen LogP contribution >= 0.6 is 22.0 Å². The largest absolute Gasteiger partial charge is 0.280 e. The minimum atomic E-state index is -3.95. The van der Waals surface area contributed by atoms with E-state index >= 15 is 0 Å². The maximum absolute atomic E-state index is 12.1. The summed E-state index contributed by atoms with van der Waals surface area (Å²) >= 11 is 0.645. The molecule has 12 heteroatoms. The Labute approximate surface area is 123 Å². The summed E-state index contributed by atoms with van der Waals surface area (Å²) in [6, 6.07) is 1.31. The second-order valence-corrected chi connectivity index (χ2v) is 9.12. The van der Waals surface area contributed by atoms with Gasteiger partial charge in [0.15, 0.2) is 14.4 Å². The number of thiazole rings is 1. The third-order valence-electron chi connectivity index (χ3n) is 2.25. The van der Waals surface area contributed by atoms with Crippen molar-refractivity contribution in [1.29, 1.82) is 0 Å². The molecule has 0 saturated heterocycles. The van der Waals surface area contributed by atoms with Crippen molar-refractivity contribution in [2.75, 3.05) is 4.72 Å². The van der Waals surface area contributed by atoms with Crippen molar-refractivity contribution in [3.8, 4) is 0 Å². The lowest BCUT2D eigenvalue weighted by Crippen LogP contribution is -2.16. The summed E-state index contributed by atoms with van der Waals surface area (Å²) in [5.41, 5.74) is 0.132. The molecule has 0 bridgehead atoms. The third-order valence-corrected chi connectivity index (χ3v) is 7.04. The number of anilines is 1. The lowest BCUT2D eigenvalue weighted by molar-refractivity contribution is 0.582. The van der Waals surface area contributed by atoms with E-state index in [1.807, 2.05) is 0 Å². The Kier molecular flexibility index (Phi) is 3.79. The van der Waals surface area contributed by atoms with Gasteiger partial charge in [0, 0.05) is 17.7 Å². The Balaban J connectivity index is 2.39. The van der Waals surface area contributed by atoms with Crippen molar-refractivity contribution in [3.63, 3.8) is 0 Å². The van der Waals surface area contributed by atoms with Crippen LogP contribution in [0.25, 0.3) is 0 Å². The standard InChI is InChI=1S/C8H9ClN4O4S3/c1-5-7(19(9,14)15)18-8(11-5)12-20(16,17)6-3-4-10-13(6)2/h3-4H,1-2H3,(H,11,12). The molecular weight excluding hydrogens is 348 g/mol. The number of halogens is 1. The van der Waals surface area contributed by atoms with E-state index in [-0.39, 0.29) is 20.1 Å². The zero-order chi connectivity index (χ0) is 15.1. The number of sulfonamides is 1. The average Bonchev–Trinajstić information content (AvgIpc) is 2.83. The second kappa shape index (κ2) is 4.98. The molecule has 0 unspecified atom stereocenters. The molecule has 2 aromatic heterocycles. The highest BCUT2D eigenvalue weighted by Gasteiger charge is 2.24. The second-order valence-electron chi connectivity index (χ2n) is 3.73. The van der Waals surface area contributed by atoms with E-state index in [1.54, 1.807) is 0 Å². The molecule has 0 aliphatic carbocycles. The summed E-state index contributed by atoms with van der Waals surface area (Å²) in [6.07, 6.45) is 1.33. The smallest absolute Gasteiger partial charge is 0.256 e. The van der Waals surface area contributed by atoms with Gasteiger partial charge in [0.05, 0.1) is 11.9 Å². The van der Waals surface area contributed by atoms with Gasteiger partial charge in [-0.25, -0.2) is 13.4 Å². The number of nitrogens with zero attached hydrogens (tertiary/aromatic N) is 3. The van der Waals surface area contributed by atoms with Crippen molar-refractivity contribution in [1.82, 2.24) is 14.8 Å². The molecule has 0 aliphatic rings. The van der Waals surface area contributed by atoms with Crippen molar-refractivity contribution in [2.24, 2.45) is 7.05 Å². The van der Waals surface area contributed by atoms with Crippen LogP contribution in [0.3, 0.4) is 0 Å². The van der Waals surface area contributed by atoms with Crippen LogP contribution in [-0.4, -0.2) is 31.6 Å². The van der Waals surface area contributed by atoms with Gasteiger partial charge in [-0.2, -0.15) is 13.5 Å². The first-order valence-electron chi connectivity index (χ1n) is 5.04. The molecule has 2 aromatic rings. The number of aromatic nitrogens is 3. The monoisotopic (exact) mass is 356 g/mol. The van der Waals surface area contributed by atoms with E-state index < -0.39 is 19.1 Å². The molecule has 0 spiro atoms. The number of nitrogens with one attached hydrogen (secondary N) is 1. The molecule has 0 atom stereocenters. The van der Waals surface area contributed by atoms with Crippen molar-refractivity contribution in [3.05, 3.63) is 18.0 Å². The Morgan fingerprint density at radius 3 is 2.45 bits per heavy atom. The average molecular weight is 357 g/mol. The molecule has 8 nitrogen and oxygen atoms in total. The lowest BCUT2D eigenvalue weighted by Gasteiger charge is -2.04. The molecule has 0 aliphatic heterocycles. The summed E-state index contributed by atoms with van der Waals surface area (Å²) in [6.45, 7) is 1.42. The molecule has 1 N–H and O–H groups in total. The first-order chi connectivity index (χ1) is 9.11. The van der Waals surface area contributed by atoms with Crippen LogP contribution in [0.2, 0.25) is 0 Å². The molecule has 0 radical (unpaired) electrons. The number of aryl methyl sites for hydroxylation is 2. The van der Waals surface area contributed by atoms with Gasteiger partial charge >= 0.3 is 0 Å². The van der Waals surface area contributed by atoms with Gasteiger partial charge in [0.25, 0.3) is 19.1 Å². The fraction of sp³-hybridized carbons (Fsp3) is 0.250. The molecule has 0 aromatic carbocycles. The zero-order valence-electron chi connectivity index (χ0n) is 10.2. The first-order valence-corrected chi connectivity index (χ1v) is 9.65. The summed E-state index contributed by atoms with van der Waals surface area (Å²) in [7, 11) is -1.15. The predicted molar refractivity (Wildman–Crippen MR) is 73.9 cm³/mol. The Morgan fingerprint density at radius 2 is 2.00 bits per heavy atom. The van der Waals surface area contributed by atoms with Gasteiger partial charge in [0.1, 0.15) is 0 Å². The van der Waals surface area contributed by atoms with Gasteiger partial charge in [0.2, 0.25) is 0 Å². The first kappa shape index (κ1) is 15.2. The minimum absolute atomic E-state index is 0.0689. The summed E-state index contributed by atoms with van der Waals surface area (Å²) < 4.78 is 49.8. The molecule has 0 saturated carbocycles. The minimum Gasteiger partial charge on any atom is -0.256 e. The van der Waals surface area contributed by atoms with E-state index in [1.165, 1.54) is 30.9 Å². The molecule has 110 valence electrons. The lowest BCUT2D eigenvalue weighted by atomic mass is 10.6. The quantitative estimate of drug-likeness (QED) is 0.815. The molecule has 0 amide bonds. The van der Waals surface area contributed by atoms with E-state index in [2.05, 4.69) is 14.8 Å². The topological polar surface area (TPSA) is 111 Å². The number of hydrogen-bond donors (Lipinski definition) is 1. The van der Waals surface area contributed by atoms with Crippen LogP contribution in [-0.2, 0) is 26.1 Å². The fourth-order valence-corrected chi connectivity index (χ4v) is 5.16. The Hall–Kier alpha value is -1.17. The summed E-state index contributed by atoms with van der Waals surface area (Å²) in [5.74, 6) is 0. The number of rotatable bonds is 4. The maximum atomic E-state index is 12.1. The third kappa shape index (κ3) is 2.95. The maximum Gasteiger partial charge on any atom is 0.280 e. The zero-order valence-corrected chi connectivity index (χ0v) is 13.4. The van der Waals surface area contributed by atoms with Crippen LogP contribution in [0.5, 0.6) is 0 Å². The van der Waals surface area contributed by atoms with Gasteiger partial charge in [-0.1, -0.05) is 11.3 Å². The molecule has 2 rings (SSSR count). The van der Waals surface area contributed by atoms with Gasteiger partial charge < -0.3 is 0 Å². The van der Waals surface area contributed by atoms with Crippen LogP contribution in [0.4, 0.5) is 5.13 Å². The molecule has 0 fully saturated rings. The molecular formula is C8H9ClN4O4S3. The van der Waals surface area contributed by atoms with E-state index in [0.29, 0.717) is 11.3 Å².